The van der Waals surface area contributed by atoms with Crippen LogP contribution in [0, 0.1) is 11.3 Å². The van der Waals surface area contributed by atoms with E-state index in [1.807, 2.05) is 42.5 Å². The molecule has 0 unspecified atom stereocenters. The first-order valence-electron chi connectivity index (χ1n) is 11.7. The van der Waals surface area contributed by atoms with Gasteiger partial charge < -0.3 is 10.4 Å². The minimum absolute atomic E-state index is 0.0714. The van der Waals surface area contributed by atoms with E-state index in [1.54, 1.807) is 6.08 Å². The highest BCUT2D eigenvalue weighted by Crippen LogP contribution is 2.69. The normalized spacial score (nSPS) is 30.9. The van der Waals surface area contributed by atoms with Gasteiger partial charge in [-0.15, -0.1) is 0 Å². The van der Waals surface area contributed by atoms with Gasteiger partial charge in [-0.3, -0.25) is 9.69 Å². The average molecular weight is 417 g/mol. The average Bonchev–Trinajstić information content (AvgIpc) is 3.11. The van der Waals surface area contributed by atoms with Crippen LogP contribution in [0.2, 0.25) is 0 Å². The number of rotatable bonds is 6. The number of nitrogens with zero attached hydrogens (tertiary/aromatic N) is 1. The second-order valence-corrected chi connectivity index (χ2v) is 9.48. The molecule has 1 heterocycles. The van der Waals surface area contributed by atoms with E-state index in [-0.39, 0.29) is 23.3 Å². The second-order valence-electron chi connectivity index (χ2n) is 9.48. The Kier molecular flexibility index (Phi) is 5.68. The smallest absolute Gasteiger partial charge is 0.244 e. The van der Waals surface area contributed by atoms with Crippen LogP contribution in [0.15, 0.2) is 66.7 Å². The predicted molar refractivity (Wildman–Crippen MR) is 123 cm³/mol. The van der Waals surface area contributed by atoms with Gasteiger partial charge in [0.1, 0.15) is 0 Å². The van der Waals surface area contributed by atoms with Crippen molar-refractivity contribution in [3.05, 3.63) is 77.9 Å². The molecule has 2 aliphatic carbocycles. The number of aliphatic hydroxyl groups is 1. The topological polar surface area (TPSA) is 52.6 Å². The monoisotopic (exact) mass is 416 g/mol. The maximum Gasteiger partial charge on any atom is 0.244 e. The highest BCUT2D eigenvalue weighted by atomic mass is 16.3. The fourth-order valence-electron chi connectivity index (χ4n) is 6.19. The summed E-state index contributed by atoms with van der Waals surface area (Å²) in [5.74, 6) is 0.497. The first kappa shape index (κ1) is 20.5. The largest absolute Gasteiger partial charge is 0.391 e. The van der Waals surface area contributed by atoms with Crippen LogP contribution in [-0.2, 0) is 4.79 Å². The lowest BCUT2D eigenvalue weighted by Gasteiger charge is -2.23. The molecule has 1 amide bonds. The van der Waals surface area contributed by atoms with Crippen molar-refractivity contribution < 1.29 is 9.90 Å². The number of hydrogen-bond donors (Lipinski definition) is 2. The Morgan fingerprint density at radius 2 is 1.74 bits per heavy atom. The summed E-state index contributed by atoms with van der Waals surface area (Å²) in [4.78, 5) is 15.0. The Morgan fingerprint density at radius 3 is 2.45 bits per heavy atom. The summed E-state index contributed by atoms with van der Waals surface area (Å²) in [6, 6.07) is 21.0. The molecule has 0 aromatic heterocycles. The summed E-state index contributed by atoms with van der Waals surface area (Å²) < 4.78 is 0. The molecule has 2 saturated carbocycles. The summed E-state index contributed by atoms with van der Waals surface area (Å²) in [6.45, 7) is 2.32. The number of benzene rings is 2. The third kappa shape index (κ3) is 3.95. The van der Waals surface area contributed by atoms with Crippen molar-refractivity contribution in [2.45, 2.75) is 43.7 Å². The van der Waals surface area contributed by atoms with Gasteiger partial charge in [0.25, 0.3) is 0 Å². The Hall–Kier alpha value is -2.43. The molecule has 0 radical (unpaired) electrons. The Labute approximate surface area is 185 Å². The van der Waals surface area contributed by atoms with Crippen LogP contribution >= 0.6 is 0 Å². The molecule has 5 rings (SSSR count). The van der Waals surface area contributed by atoms with Crippen molar-refractivity contribution in [1.82, 2.24) is 10.2 Å². The third-order valence-electron chi connectivity index (χ3n) is 7.79. The maximum absolute atomic E-state index is 12.5. The van der Waals surface area contributed by atoms with Gasteiger partial charge in [-0.25, -0.2) is 0 Å². The first-order chi connectivity index (χ1) is 15.2. The zero-order chi connectivity index (χ0) is 21.3. The second kappa shape index (κ2) is 8.60. The highest BCUT2D eigenvalue weighted by molar-refractivity contribution is 5.91. The van der Waals surface area contributed by atoms with Gasteiger partial charge in [-0.1, -0.05) is 73.5 Å². The number of carbonyl (C=O) groups is 1. The van der Waals surface area contributed by atoms with Crippen LogP contribution in [0.4, 0.5) is 0 Å². The number of carbonyl (C=O) groups excluding carboxylic acids is 1. The van der Waals surface area contributed by atoms with Crippen LogP contribution < -0.4 is 5.32 Å². The van der Waals surface area contributed by atoms with Crippen molar-refractivity contribution in [3.63, 3.8) is 0 Å². The fourth-order valence-corrected chi connectivity index (χ4v) is 6.19. The van der Waals surface area contributed by atoms with Crippen molar-refractivity contribution >= 4 is 12.0 Å². The van der Waals surface area contributed by atoms with E-state index in [0.717, 1.165) is 18.7 Å². The minimum atomic E-state index is -0.333. The Morgan fingerprint density at radius 1 is 1.06 bits per heavy atom. The Bertz CT molecular complexity index is 923. The molecular weight excluding hydrogens is 384 g/mol. The standard InChI is InChI=1S/C27H32N2O2/c30-24-18-29(22-13-7-8-14-22)19-27(24)23(26(27)21-11-5-2-6-12-21)17-28-25(31)16-15-20-9-3-1-4-10-20/h1-6,9-12,15-16,22-24,26,30H,7-8,13-14,17-19H2,(H,28,31)/b16-15+/t23-,24-,26-,27-/m1/s1. The lowest BCUT2D eigenvalue weighted by atomic mass is 9.95. The molecule has 162 valence electrons. The molecule has 2 aromatic carbocycles. The van der Waals surface area contributed by atoms with Gasteiger partial charge in [-0.05, 0) is 41.9 Å². The zero-order valence-corrected chi connectivity index (χ0v) is 18.0. The summed E-state index contributed by atoms with van der Waals surface area (Å²) >= 11 is 0. The van der Waals surface area contributed by atoms with E-state index in [2.05, 4.69) is 34.5 Å². The van der Waals surface area contributed by atoms with Crippen LogP contribution in [0.3, 0.4) is 0 Å². The van der Waals surface area contributed by atoms with Crippen LogP contribution in [0.25, 0.3) is 6.08 Å². The lowest BCUT2D eigenvalue weighted by molar-refractivity contribution is -0.116. The van der Waals surface area contributed by atoms with E-state index < -0.39 is 0 Å². The predicted octanol–water partition coefficient (Wildman–Crippen LogP) is 3.84. The molecule has 3 aliphatic rings. The molecule has 2 N–H and O–H groups in total. The maximum atomic E-state index is 12.5. The molecule has 4 atom stereocenters. The number of β-amino-alcohol motifs (C(OH)–C–C–N with tert-alkyl or cyclic N) is 1. The summed E-state index contributed by atoms with van der Waals surface area (Å²) in [5.41, 5.74) is 2.16. The molecule has 2 aromatic rings. The molecule has 31 heavy (non-hydrogen) atoms. The third-order valence-corrected chi connectivity index (χ3v) is 7.79. The van der Waals surface area contributed by atoms with Crippen molar-refractivity contribution in [1.29, 1.82) is 0 Å². The molecule has 4 nitrogen and oxygen atoms in total. The minimum Gasteiger partial charge on any atom is -0.391 e. The first-order valence-corrected chi connectivity index (χ1v) is 11.7. The number of hydrogen-bond acceptors (Lipinski definition) is 3. The van der Waals surface area contributed by atoms with E-state index in [1.165, 1.54) is 31.2 Å². The SMILES string of the molecule is O=C(/C=C/c1ccccc1)NC[C@@H]1[C@@H](c2ccccc2)[C@]12CN(C1CCCC1)C[C@H]2O. The van der Waals surface area contributed by atoms with Gasteiger partial charge in [-0.2, -0.15) is 0 Å². The van der Waals surface area contributed by atoms with Gasteiger partial charge in [0.05, 0.1) is 6.10 Å². The van der Waals surface area contributed by atoms with Crippen LogP contribution in [0.5, 0.6) is 0 Å². The number of amides is 1. The number of aliphatic hydroxyl groups excluding tert-OH is 1. The van der Waals surface area contributed by atoms with Crippen molar-refractivity contribution in [3.8, 4) is 0 Å². The molecule has 0 bridgehead atoms. The van der Waals surface area contributed by atoms with Crippen molar-refractivity contribution in [2.24, 2.45) is 11.3 Å². The summed E-state index contributed by atoms with van der Waals surface area (Å²) in [6.07, 6.45) is 8.24. The molecule has 4 heteroatoms. The fraction of sp³-hybridized carbons (Fsp3) is 0.444. The quantitative estimate of drug-likeness (QED) is 0.704. The van der Waals surface area contributed by atoms with Crippen LogP contribution in [-0.4, -0.2) is 47.7 Å². The zero-order valence-electron chi connectivity index (χ0n) is 18.0. The van der Waals surface area contributed by atoms with Gasteiger partial charge in [0, 0.05) is 37.2 Å². The van der Waals surface area contributed by atoms with Crippen LogP contribution in [0.1, 0.15) is 42.7 Å². The lowest BCUT2D eigenvalue weighted by Crippen LogP contribution is -2.32. The molecule has 1 saturated heterocycles. The van der Waals surface area contributed by atoms with Gasteiger partial charge in [0.2, 0.25) is 5.91 Å². The summed E-state index contributed by atoms with van der Waals surface area (Å²) in [7, 11) is 0. The van der Waals surface area contributed by atoms with E-state index in [9.17, 15) is 9.90 Å². The Balaban J connectivity index is 1.29. The van der Waals surface area contributed by atoms with E-state index in [4.69, 9.17) is 0 Å². The molecule has 1 aliphatic heterocycles. The van der Waals surface area contributed by atoms with Gasteiger partial charge in [0.15, 0.2) is 0 Å². The number of nitrogens with one attached hydrogen (secondary N) is 1. The molecular formula is C27H32N2O2. The van der Waals surface area contributed by atoms with Crippen molar-refractivity contribution in [2.75, 3.05) is 19.6 Å². The van der Waals surface area contributed by atoms with Gasteiger partial charge >= 0.3 is 0 Å². The van der Waals surface area contributed by atoms with E-state index in [0.29, 0.717) is 18.5 Å². The summed E-state index contributed by atoms with van der Waals surface area (Å²) in [5, 5.41) is 14.3. The molecule has 3 fully saturated rings. The number of likely N-dealkylation sites (tertiary alicyclic amines) is 1. The highest BCUT2D eigenvalue weighted by Gasteiger charge is 2.71. The molecule has 1 spiro atoms. The van der Waals surface area contributed by atoms with E-state index >= 15 is 0 Å².